The Labute approximate surface area is 193 Å². The van der Waals surface area contributed by atoms with Crippen molar-refractivity contribution in [2.24, 2.45) is 5.92 Å². The normalized spacial score (nSPS) is 18.0. The van der Waals surface area contributed by atoms with Crippen LogP contribution in [0.25, 0.3) is 5.69 Å². The largest absolute Gasteiger partial charge is 0.479 e. The summed E-state index contributed by atoms with van der Waals surface area (Å²) in [5.74, 6) is -2.63. The first kappa shape index (κ1) is 22.7. The summed E-state index contributed by atoms with van der Waals surface area (Å²) in [4.78, 5) is 40.5. The van der Waals surface area contributed by atoms with Crippen LogP contribution in [0.5, 0.6) is 0 Å². The molecule has 1 amide bonds. The Balaban J connectivity index is 1.40. The Hall–Kier alpha value is -3.44. The Bertz CT molecular complexity index is 1160. The minimum atomic E-state index is -1.18. The third-order valence-corrected chi connectivity index (χ3v) is 5.90. The Morgan fingerprint density at radius 3 is 2.58 bits per heavy atom. The zero-order chi connectivity index (χ0) is 23.5. The van der Waals surface area contributed by atoms with Crippen molar-refractivity contribution in [3.8, 4) is 5.69 Å². The number of carboxylic acid groups (broad SMARTS) is 1. The van der Waals surface area contributed by atoms with Crippen molar-refractivity contribution < 1.29 is 24.2 Å². The number of nitrogens with one attached hydrogen (secondary N) is 1. The van der Waals surface area contributed by atoms with Crippen molar-refractivity contribution >= 4 is 29.0 Å². The number of Topliss-reactive ketones (excluding diaryl/α,β-unsaturated/α-hetero) is 1. The van der Waals surface area contributed by atoms with Gasteiger partial charge in [-0.1, -0.05) is 11.3 Å². The number of amides is 1. The third-order valence-electron chi connectivity index (χ3n) is 5.27. The lowest BCUT2D eigenvalue weighted by Gasteiger charge is -2.14. The lowest BCUT2D eigenvalue weighted by atomic mass is 9.94. The van der Waals surface area contributed by atoms with E-state index in [1.807, 2.05) is 31.4 Å². The van der Waals surface area contributed by atoms with Crippen LogP contribution in [0.1, 0.15) is 28.9 Å². The van der Waals surface area contributed by atoms with Gasteiger partial charge in [-0.15, -0.1) is 16.4 Å². The van der Waals surface area contributed by atoms with Gasteiger partial charge in [-0.25, -0.2) is 14.5 Å². The van der Waals surface area contributed by atoms with Crippen molar-refractivity contribution in [3.05, 3.63) is 57.8 Å². The molecule has 1 fully saturated rings. The predicted molar refractivity (Wildman–Crippen MR) is 118 cm³/mol. The topological polar surface area (TPSA) is 140 Å². The molecule has 33 heavy (non-hydrogen) atoms. The van der Waals surface area contributed by atoms with Gasteiger partial charge in [0.25, 0.3) is 0 Å². The molecule has 2 N–H and O–H groups in total. The fraction of sp³-hybridized carbons (Fsp3) is 0.364. The fourth-order valence-corrected chi connectivity index (χ4v) is 4.23. The molecule has 172 valence electrons. The number of benzene rings is 1. The maximum absolute atomic E-state index is 12.9. The van der Waals surface area contributed by atoms with Crippen LogP contribution in [0.4, 0.5) is 0 Å². The van der Waals surface area contributed by atoms with E-state index in [4.69, 9.17) is 9.84 Å². The van der Waals surface area contributed by atoms with Crippen LogP contribution in [0.15, 0.2) is 35.3 Å². The van der Waals surface area contributed by atoms with Gasteiger partial charge in [0.15, 0.2) is 18.0 Å². The second kappa shape index (κ2) is 9.59. The van der Waals surface area contributed by atoms with Gasteiger partial charge in [0.2, 0.25) is 5.91 Å². The SMILES string of the molecule is Cc1cc(C)cc(-n2cc(CNC(=O)[C@@H](CC(=O)[C@H]3O[C@@H]3C(=O)O)Cc3cscn3)nn2)c1. The highest BCUT2D eigenvalue weighted by Gasteiger charge is 2.50. The van der Waals surface area contributed by atoms with Crippen molar-refractivity contribution in [2.45, 2.75) is 45.4 Å². The van der Waals surface area contributed by atoms with Crippen LogP contribution < -0.4 is 5.32 Å². The summed E-state index contributed by atoms with van der Waals surface area (Å²) in [5.41, 5.74) is 6.01. The smallest absolute Gasteiger partial charge is 0.336 e. The van der Waals surface area contributed by atoms with E-state index in [-0.39, 0.29) is 25.3 Å². The highest BCUT2D eigenvalue weighted by Crippen LogP contribution is 2.27. The zero-order valence-corrected chi connectivity index (χ0v) is 18.9. The quantitative estimate of drug-likeness (QED) is 0.427. The number of ketones is 1. The van der Waals surface area contributed by atoms with Crippen molar-refractivity contribution in [1.82, 2.24) is 25.3 Å². The molecule has 0 spiro atoms. The van der Waals surface area contributed by atoms with Crippen LogP contribution >= 0.6 is 11.3 Å². The molecule has 3 heterocycles. The van der Waals surface area contributed by atoms with Gasteiger partial charge in [-0.3, -0.25) is 9.59 Å². The Kier molecular flexibility index (Phi) is 6.61. The highest BCUT2D eigenvalue weighted by atomic mass is 32.1. The summed E-state index contributed by atoms with van der Waals surface area (Å²) < 4.78 is 6.58. The number of epoxide rings is 1. The summed E-state index contributed by atoms with van der Waals surface area (Å²) in [5, 5.41) is 21.9. The second-order valence-electron chi connectivity index (χ2n) is 8.08. The number of thiazole rings is 1. The molecule has 3 aromatic rings. The van der Waals surface area contributed by atoms with Crippen LogP contribution in [-0.2, 0) is 32.1 Å². The first-order valence-corrected chi connectivity index (χ1v) is 11.3. The van der Waals surface area contributed by atoms with Gasteiger partial charge in [-0.2, -0.15) is 0 Å². The summed E-state index contributed by atoms with van der Waals surface area (Å²) in [7, 11) is 0. The lowest BCUT2D eigenvalue weighted by molar-refractivity contribution is -0.138. The molecule has 4 rings (SSSR count). The third kappa shape index (κ3) is 5.68. The number of hydrogen-bond acceptors (Lipinski definition) is 8. The van der Waals surface area contributed by atoms with E-state index in [1.54, 1.807) is 16.4 Å². The number of carbonyl (C=O) groups is 3. The number of rotatable bonds is 10. The van der Waals surface area contributed by atoms with Crippen LogP contribution in [0, 0.1) is 19.8 Å². The first-order chi connectivity index (χ1) is 15.8. The van der Waals surface area contributed by atoms with Gasteiger partial charge in [0, 0.05) is 18.2 Å². The maximum atomic E-state index is 12.9. The Morgan fingerprint density at radius 2 is 1.94 bits per heavy atom. The van der Waals surface area contributed by atoms with Gasteiger partial charge in [-0.05, 0) is 37.1 Å². The van der Waals surface area contributed by atoms with E-state index < -0.39 is 29.9 Å². The van der Waals surface area contributed by atoms with E-state index in [0.29, 0.717) is 11.4 Å². The molecule has 0 aliphatic carbocycles. The molecule has 0 radical (unpaired) electrons. The summed E-state index contributed by atoms with van der Waals surface area (Å²) in [6.07, 6.45) is -0.245. The number of aromatic nitrogens is 4. The van der Waals surface area contributed by atoms with Crippen molar-refractivity contribution in [1.29, 1.82) is 0 Å². The van der Waals surface area contributed by atoms with Crippen LogP contribution in [0.3, 0.4) is 0 Å². The molecule has 2 aromatic heterocycles. The molecule has 10 nitrogen and oxygen atoms in total. The van der Waals surface area contributed by atoms with Crippen molar-refractivity contribution in [3.63, 3.8) is 0 Å². The molecule has 11 heteroatoms. The number of aliphatic carboxylic acids is 1. The molecule has 1 saturated heterocycles. The van der Waals surface area contributed by atoms with Crippen LogP contribution in [-0.4, -0.2) is 55.0 Å². The van der Waals surface area contributed by atoms with E-state index in [9.17, 15) is 14.4 Å². The number of hydrogen-bond donors (Lipinski definition) is 2. The molecule has 1 aromatic carbocycles. The molecule has 0 unspecified atom stereocenters. The maximum Gasteiger partial charge on any atom is 0.336 e. The van der Waals surface area contributed by atoms with Gasteiger partial charge in [0.1, 0.15) is 5.69 Å². The minimum Gasteiger partial charge on any atom is -0.479 e. The van der Waals surface area contributed by atoms with E-state index >= 15 is 0 Å². The number of nitrogens with zero attached hydrogens (tertiary/aromatic N) is 4. The standard InChI is InChI=1S/C22H23N5O5S/c1-12-3-13(2)5-17(4-12)27-9-16(25-26-27)8-23-21(29)14(6-15-10-33-11-24-15)7-18(28)19-20(32-19)22(30)31/h3-5,9-11,14,19-20H,6-8H2,1-2H3,(H,23,29)(H,30,31)/t14-,19-,20+/m1/s1. The lowest BCUT2D eigenvalue weighted by Crippen LogP contribution is -2.34. The highest BCUT2D eigenvalue weighted by molar-refractivity contribution is 7.07. The fourth-order valence-electron chi connectivity index (χ4n) is 3.66. The molecular weight excluding hydrogens is 446 g/mol. The van der Waals surface area contributed by atoms with E-state index in [2.05, 4.69) is 26.7 Å². The monoisotopic (exact) mass is 469 g/mol. The van der Waals surface area contributed by atoms with E-state index in [0.717, 1.165) is 16.8 Å². The average Bonchev–Trinajstić information content (AvgIpc) is 3.16. The predicted octanol–water partition coefficient (Wildman–Crippen LogP) is 1.63. The molecule has 0 saturated carbocycles. The van der Waals surface area contributed by atoms with Crippen LogP contribution in [0.2, 0.25) is 0 Å². The molecule has 1 aliphatic heterocycles. The van der Waals surface area contributed by atoms with E-state index in [1.165, 1.54) is 11.3 Å². The summed E-state index contributed by atoms with van der Waals surface area (Å²) in [6.45, 7) is 4.15. The molecular formula is C22H23N5O5S. The number of carbonyl (C=O) groups excluding carboxylic acids is 2. The number of carboxylic acids is 1. The Morgan fingerprint density at radius 1 is 1.18 bits per heavy atom. The van der Waals surface area contributed by atoms with Gasteiger partial charge < -0.3 is 15.2 Å². The minimum absolute atomic E-state index is 0.132. The van der Waals surface area contributed by atoms with Gasteiger partial charge in [0.05, 0.1) is 35.6 Å². The molecule has 1 aliphatic rings. The van der Waals surface area contributed by atoms with Crippen molar-refractivity contribution in [2.75, 3.05) is 0 Å². The first-order valence-electron chi connectivity index (χ1n) is 10.4. The molecule has 3 atom stereocenters. The summed E-state index contributed by atoms with van der Waals surface area (Å²) >= 11 is 1.40. The average molecular weight is 470 g/mol. The number of aryl methyl sites for hydroxylation is 2. The summed E-state index contributed by atoms with van der Waals surface area (Å²) in [6, 6.07) is 6.05. The number of ether oxygens (including phenoxy) is 1. The zero-order valence-electron chi connectivity index (χ0n) is 18.1. The molecule has 0 bridgehead atoms. The second-order valence-corrected chi connectivity index (χ2v) is 8.80. The van der Waals surface area contributed by atoms with Gasteiger partial charge >= 0.3 is 5.97 Å².